The van der Waals surface area contributed by atoms with Crippen molar-refractivity contribution in [1.29, 1.82) is 0 Å². The molecule has 6 nitrogen and oxygen atoms in total. The van der Waals surface area contributed by atoms with Crippen molar-refractivity contribution in [1.82, 2.24) is 14.9 Å². The number of methoxy groups -OCH3 is 1. The molecular formula is C27H31N3O3S2. The first kappa shape index (κ1) is 25.2. The Hall–Kier alpha value is -2.94. The van der Waals surface area contributed by atoms with Gasteiger partial charge < -0.3 is 4.74 Å². The Labute approximate surface area is 211 Å². The predicted molar refractivity (Wildman–Crippen MR) is 142 cm³/mol. The number of aryl methyl sites for hydroxylation is 1. The second-order valence-electron chi connectivity index (χ2n) is 8.38. The molecule has 8 heteroatoms. The van der Waals surface area contributed by atoms with Crippen LogP contribution in [0.15, 0.2) is 70.9 Å². The number of hydrogen-bond acceptors (Lipinski definition) is 5. The molecule has 0 amide bonds. The highest BCUT2D eigenvalue weighted by Gasteiger charge is 2.19. The molecule has 2 heterocycles. The number of aromatic nitrogens is 2. The summed E-state index contributed by atoms with van der Waals surface area (Å²) in [5, 5.41) is 9.74. The van der Waals surface area contributed by atoms with Gasteiger partial charge in [-0.15, -0.1) is 11.3 Å². The van der Waals surface area contributed by atoms with Crippen molar-refractivity contribution < 1.29 is 13.2 Å². The quantitative estimate of drug-likeness (QED) is 0.227. The van der Waals surface area contributed by atoms with E-state index in [1.54, 1.807) is 30.6 Å². The molecule has 2 aromatic carbocycles. The molecule has 0 saturated heterocycles. The van der Waals surface area contributed by atoms with Crippen LogP contribution < -0.4 is 9.46 Å². The van der Waals surface area contributed by atoms with Gasteiger partial charge in [-0.1, -0.05) is 38.0 Å². The molecule has 0 bridgehead atoms. The van der Waals surface area contributed by atoms with Crippen LogP contribution in [0.3, 0.4) is 0 Å². The maximum Gasteiger partial charge on any atom is 0.240 e. The minimum atomic E-state index is -3.60. The minimum Gasteiger partial charge on any atom is -0.497 e. The summed E-state index contributed by atoms with van der Waals surface area (Å²) in [5.74, 6) is 0.775. The summed E-state index contributed by atoms with van der Waals surface area (Å²) in [6, 6.07) is 19.0. The number of nitrogens with one attached hydrogen (secondary N) is 2. The third kappa shape index (κ3) is 6.20. The normalized spacial score (nSPS) is 11.6. The molecule has 0 radical (unpaired) electrons. The van der Waals surface area contributed by atoms with Crippen LogP contribution >= 0.6 is 11.3 Å². The smallest absolute Gasteiger partial charge is 0.240 e. The van der Waals surface area contributed by atoms with Crippen LogP contribution in [0.1, 0.15) is 37.3 Å². The maximum atomic E-state index is 12.9. The molecule has 0 aliphatic carbocycles. The van der Waals surface area contributed by atoms with Crippen molar-refractivity contribution in [3.8, 4) is 27.6 Å². The van der Waals surface area contributed by atoms with E-state index in [-0.39, 0.29) is 11.4 Å². The highest BCUT2D eigenvalue weighted by Crippen LogP contribution is 2.33. The summed E-state index contributed by atoms with van der Waals surface area (Å²) >= 11 is 1.61. The SMILES string of the molecule is CCCCCc1ccc(S(=O)(=O)NCCc2c(-c3cccs3)n[nH]c2-c2ccc(OC)cc2)cc1. The molecule has 2 aromatic heterocycles. The van der Waals surface area contributed by atoms with Gasteiger partial charge in [0.05, 0.1) is 22.6 Å². The lowest BCUT2D eigenvalue weighted by Crippen LogP contribution is -2.26. The molecular weight excluding hydrogens is 478 g/mol. The largest absolute Gasteiger partial charge is 0.497 e. The van der Waals surface area contributed by atoms with Crippen molar-refractivity contribution in [2.24, 2.45) is 0 Å². The highest BCUT2D eigenvalue weighted by molar-refractivity contribution is 7.89. The van der Waals surface area contributed by atoms with Gasteiger partial charge in [0, 0.05) is 17.7 Å². The molecule has 0 unspecified atom stereocenters. The van der Waals surface area contributed by atoms with E-state index in [0.29, 0.717) is 6.42 Å². The Morgan fingerprint density at radius 1 is 1.00 bits per heavy atom. The Morgan fingerprint density at radius 2 is 1.77 bits per heavy atom. The summed E-state index contributed by atoms with van der Waals surface area (Å²) in [6.07, 6.45) is 4.94. The Kier molecular flexibility index (Phi) is 8.38. The van der Waals surface area contributed by atoms with Gasteiger partial charge >= 0.3 is 0 Å². The van der Waals surface area contributed by atoms with Gasteiger partial charge in [-0.05, 0) is 72.7 Å². The van der Waals surface area contributed by atoms with E-state index < -0.39 is 10.0 Å². The third-order valence-corrected chi connectivity index (χ3v) is 8.32. The average Bonchev–Trinajstić information content (AvgIpc) is 3.55. The van der Waals surface area contributed by atoms with E-state index in [4.69, 9.17) is 4.74 Å². The average molecular weight is 510 g/mol. The minimum absolute atomic E-state index is 0.266. The standard InChI is InChI=1S/C27H31N3O3S2/c1-3-4-5-7-20-9-15-23(16-10-20)35(31,32)28-18-17-24-26(21-11-13-22(33-2)14-12-21)29-30-27(24)25-8-6-19-34-25/h6,8-16,19,28H,3-5,7,17-18H2,1-2H3,(H,29,30). The molecule has 0 spiro atoms. The van der Waals surface area contributed by atoms with Crippen molar-refractivity contribution in [2.45, 2.75) is 43.9 Å². The molecule has 35 heavy (non-hydrogen) atoms. The van der Waals surface area contributed by atoms with E-state index in [1.165, 1.54) is 18.4 Å². The molecule has 0 aliphatic rings. The number of H-pyrrole nitrogens is 1. The number of thiophene rings is 1. The highest BCUT2D eigenvalue weighted by atomic mass is 32.2. The van der Waals surface area contributed by atoms with E-state index in [9.17, 15) is 8.42 Å². The predicted octanol–water partition coefficient (Wildman–Crippen LogP) is 6.07. The van der Waals surface area contributed by atoms with Crippen LogP contribution in [-0.4, -0.2) is 32.3 Å². The number of aromatic amines is 1. The molecule has 184 valence electrons. The first-order valence-corrected chi connectivity index (χ1v) is 14.2. The van der Waals surface area contributed by atoms with Gasteiger partial charge in [-0.2, -0.15) is 5.10 Å². The van der Waals surface area contributed by atoms with E-state index in [0.717, 1.165) is 46.0 Å². The first-order chi connectivity index (χ1) is 17.0. The second kappa shape index (κ2) is 11.7. The van der Waals surface area contributed by atoms with Crippen LogP contribution in [0.2, 0.25) is 0 Å². The zero-order valence-electron chi connectivity index (χ0n) is 20.1. The molecule has 0 saturated carbocycles. The fraction of sp³-hybridized carbons (Fsp3) is 0.296. The van der Waals surface area contributed by atoms with Gasteiger partial charge in [-0.25, -0.2) is 13.1 Å². The molecule has 0 fully saturated rings. The van der Waals surface area contributed by atoms with Crippen molar-refractivity contribution in [3.63, 3.8) is 0 Å². The van der Waals surface area contributed by atoms with Gasteiger partial charge in [0.1, 0.15) is 11.4 Å². The fourth-order valence-electron chi connectivity index (χ4n) is 4.03. The number of hydrogen-bond donors (Lipinski definition) is 2. The summed E-state index contributed by atoms with van der Waals surface area (Å²) in [4.78, 5) is 1.33. The van der Waals surface area contributed by atoms with E-state index in [2.05, 4.69) is 21.8 Å². The van der Waals surface area contributed by atoms with Crippen LogP contribution in [0.4, 0.5) is 0 Å². The third-order valence-electron chi connectivity index (χ3n) is 5.97. The lowest BCUT2D eigenvalue weighted by Gasteiger charge is -2.10. The second-order valence-corrected chi connectivity index (χ2v) is 11.1. The number of nitrogens with zero attached hydrogens (tertiary/aromatic N) is 1. The number of unbranched alkanes of at least 4 members (excludes halogenated alkanes) is 2. The van der Waals surface area contributed by atoms with Gasteiger partial charge in [0.2, 0.25) is 10.0 Å². The van der Waals surface area contributed by atoms with Gasteiger partial charge in [0.25, 0.3) is 0 Å². The maximum absolute atomic E-state index is 12.9. The molecule has 4 aromatic rings. The van der Waals surface area contributed by atoms with Crippen LogP contribution in [0.5, 0.6) is 5.75 Å². The zero-order chi connectivity index (χ0) is 24.7. The van der Waals surface area contributed by atoms with E-state index in [1.807, 2.05) is 53.9 Å². The number of sulfonamides is 1. The number of ether oxygens (including phenoxy) is 1. The monoisotopic (exact) mass is 509 g/mol. The van der Waals surface area contributed by atoms with Crippen molar-refractivity contribution in [3.05, 3.63) is 77.2 Å². The number of rotatable bonds is 12. The molecule has 0 aliphatic heterocycles. The number of benzene rings is 2. The Balaban J connectivity index is 1.50. The zero-order valence-corrected chi connectivity index (χ0v) is 21.7. The fourth-order valence-corrected chi connectivity index (χ4v) is 5.80. The van der Waals surface area contributed by atoms with Crippen LogP contribution in [0.25, 0.3) is 21.8 Å². The van der Waals surface area contributed by atoms with Crippen molar-refractivity contribution in [2.75, 3.05) is 13.7 Å². The van der Waals surface area contributed by atoms with E-state index >= 15 is 0 Å². The van der Waals surface area contributed by atoms with Gasteiger partial charge in [-0.3, -0.25) is 5.10 Å². The Morgan fingerprint density at radius 3 is 2.43 bits per heavy atom. The first-order valence-electron chi connectivity index (χ1n) is 11.9. The summed E-state index contributed by atoms with van der Waals surface area (Å²) in [5.41, 5.74) is 4.85. The lowest BCUT2D eigenvalue weighted by atomic mass is 10.0. The molecule has 2 N–H and O–H groups in total. The van der Waals surface area contributed by atoms with Crippen molar-refractivity contribution >= 4 is 21.4 Å². The summed E-state index contributed by atoms with van der Waals surface area (Å²) < 4.78 is 33.9. The van der Waals surface area contributed by atoms with Crippen LogP contribution in [-0.2, 0) is 22.9 Å². The lowest BCUT2D eigenvalue weighted by molar-refractivity contribution is 0.415. The Bertz CT molecular complexity index is 1310. The molecule has 0 atom stereocenters. The summed E-state index contributed by atoms with van der Waals surface area (Å²) in [6.45, 7) is 2.44. The summed E-state index contributed by atoms with van der Waals surface area (Å²) in [7, 11) is -1.97. The molecule has 4 rings (SSSR count). The van der Waals surface area contributed by atoms with Crippen LogP contribution in [0, 0.1) is 0 Å². The van der Waals surface area contributed by atoms with Gasteiger partial charge in [0.15, 0.2) is 0 Å². The topological polar surface area (TPSA) is 84.1 Å².